The van der Waals surface area contributed by atoms with Crippen LogP contribution in [0.15, 0.2) is 35.3 Å². The number of hydrogen-bond donors (Lipinski definition) is 0. The number of benzene rings is 1. The smallest absolute Gasteiger partial charge is 0.224 e. The number of anilines is 1. The van der Waals surface area contributed by atoms with E-state index in [-0.39, 0.29) is 5.91 Å². The lowest BCUT2D eigenvalue weighted by molar-refractivity contribution is -0.116. The molecule has 1 amide bonds. The molecule has 80 valence electrons. The molecule has 0 saturated carbocycles. The van der Waals surface area contributed by atoms with E-state index in [1.165, 1.54) is 5.56 Å². The average Bonchev–Trinajstić information content (AvgIpc) is 2.15. The number of hydrogen-bond acceptors (Lipinski definition) is 1. The summed E-state index contributed by atoms with van der Waals surface area (Å²) in [6.07, 6.45) is 0. The van der Waals surface area contributed by atoms with Crippen molar-refractivity contribution in [2.75, 3.05) is 11.4 Å². The van der Waals surface area contributed by atoms with Crippen LogP contribution in [0.5, 0.6) is 0 Å². The van der Waals surface area contributed by atoms with Crippen molar-refractivity contribution >= 4 is 27.5 Å². The van der Waals surface area contributed by atoms with Crippen LogP contribution in [0.25, 0.3) is 0 Å². The van der Waals surface area contributed by atoms with Crippen molar-refractivity contribution in [3.63, 3.8) is 0 Å². The highest BCUT2D eigenvalue weighted by Gasteiger charge is 2.11. The van der Waals surface area contributed by atoms with Gasteiger partial charge in [0.05, 0.1) is 6.54 Å². The van der Waals surface area contributed by atoms with Crippen molar-refractivity contribution in [1.82, 2.24) is 0 Å². The fraction of sp³-hybridized carbons (Fsp3) is 0.250. The molecule has 0 N–H and O–H groups in total. The third-order valence-electron chi connectivity index (χ3n) is 2.06. The lowest BCUT2D eigenvalue weighted by atomic mass is 10.2. The van der Waals surface area contributed by atoms with Crippen molar-refractivity contribution in [2.45, 2.75) is 13.8 Å². The van der Waals surface area contributed by atoms with Crippen molar-refractivity contribution in [3.8, 4) is 0 Å². The highest BCUT2D eigenvalue weighted by Crippen LogP contribution is 2.17. The Morgan fingerprint density at radius 3 is 2.33 bits per heavy atom. The van der Waals surface area contributed by atoms with Crippen LogP contribution in [0, 0.1) is 6.92 Å². The molecule has 0 radical (unpaired) electrons. The maximum Gasteiger partial charge on any atom is 0.224 e. The fourth-order valence-electron chi connectivity index (χ4n) is 1.28. The van der Waals surface area contributed by atoms with E-state index in [1.807, 2.05) is 31.2 Å². The van der Waals surface area contributed by atoms with Crippen LogP contribution < -0.4 is 4.90 Å². The van der Waals surface area contributed by atoms with Gasteiger partial charge in [-0.2, -0.15) is 0 Å². The molecule has 1 aromatic rings. The lowest BCUT2D eigenvalue weighted by Gasteiger charge is -2.20. The summed E-state index contributed by atoms with van der Waals surface area (Å²) in [4.78, 5) is 13.1. The molecule has 1 aromatic carbocycles. The minimum absolute atomic E-state index is 0.0134. The average molecular weight is 268 g/mol. The molecule has 2 nitrogen and oxygen atoms in total. The molecule has 15 heavy (non-hydrogen) atoms. The summed E-state index contributed by atoms with van der Waals surface area (Å²) < 4.78 is 0.790. The maximum absolute atomic E-state index is 11.4. The summed E-state index contributed by atoms with van der Waals surface area (Å²) in [7, 11) is 0. The number of carbonyl (C=O) groups is 1. The maximum atomic E-state index is 11.4. The number of halogens is 1. The van der Waals surface area contributed by atoms with Gasteiger partial charge in [-0.3, -0.25) is 4.79 Å². The third kappa shape index (κ3) is 3.51. The van der Waals surface area contributed by atoms with Gasteiger partial charge in [0.2, 0.25) is 5.91 Å². The first-order chi connectivity index (χ1) is 7.00. The zero-order valence-corrected chi connectivity index (χ0v) is 10.5. The standard InChI is InChI=1S/C12H14BrNO/c1-9-4-6-12(7-5-9)14(11(3)15)8-10(2)13/h4-7H,2,8H2,1,3H3. The largest absolute Gasteiger partial charge is 0.308 e. The van der Waals surface area contributed by atoms with Crippen molar-refractivity contribution < 1.29 is 4.79 Å². The van der Waals surface area contributed by atoms with Gasteiger partial charge >= 0.3 is 0 Å². The molecular formula is C12H14BrNO. The molecule has 0 bridgehead atoms. The number of aryl methyl sites for hydroxylation is 1. The Balaban J connectivity index is 2.94. The number of rotatable bonds is 3. The third-order valence-corrected chi connectivity index (χ3v) is 2.31. The molecule has 1 rings (SSSR count). The van der Waals surface area contributed by atoms with Gasteiger partial charge < -0.3 is 4.90 Å². The topological polar surface area (TPSA) is 20.3 Å². The summed E-state index contributed by atoms with van der Waals surface area (Å²) in [6, 6.07) is 7.85. The molecule has 0 aliphatic carbocycles. The van der Waals surface area contributed by atoms with Crippen LogP contribution in [0.2, 0.25) is 0 Å². The summed E-state index contributed by atoms with van der Waals surface area (Å²) in [5.41, 5.74) is 2.08. The highest BCUT2D eigenvalue weighted by atomic mass is 79.9. The minimum Gasteiger partial charge on any atom is -0.308 e. The second kappa shape index (κ2) is 5.12. The number of nitrogens with zero attached hydrogens (tertiary/aromatic N) is 1. The Morgan fingerprint density at radius 1 is 1.40 bits per heavy atom. The van der Waals surface area contributed by atoms with E-state index in [2.05, 4.69) is 22.5 Å². The molecule has 0 spiro atoms. The van der Waals surface area contributed by atoms with E-state index in [0.717, 1.165) is 10.2 Å². The number of amides is 1. The molecule has 3 heteroatoms. The van der Waals surface area contributed by atoms with Gasteiger partial charge in [0.1, 0.15) is 0 Å². The van der Waals surface area contributed by atoms with E-state index < -0.39 is 0 Å². The molecule has 0 unspecified atom stereocenters. The quantitative estimate of drug-likeness (QED) is 0.824. The Bertz CT molecular complexity index is 370. The first-order valence-electron chi connectivity index (χ1n) is 4.69. The number of carbonyl (C=O) groups excluding carboxylic acids is 1. The SMILES string of the molecule is C=C(Br)CN(C(C)=O)c1ccc(C)cc1. The summed E-state index contributed by atoms with van der Waals surface area (Å²) in [5, 5.41) is 0. The highest BCUT2D eigenvalue weighted by molar-refractivity contribution is 9.11. The van der Waals surface area contributed by atoms with Crippen molar-refractivity contribution in [1.29, 1.82) is 0 Å². The van der Waals surface area contributed by atoms with Gasteiger partial charge in [0.25, 0.3) is 0 Å². The monoisotopic (exact) mass is 267 g/mol. The van der Waals surface area contributed by atoms with Gasteiger partial charge in [-0.05, 0) is 19.1 Å². The zero-order chi connectivity index (χ0) is 11.4. The van der Waals surface area contributed by atoms with E-state index in [9.17, 15) is 4.79 Å². The van der Waals surface area contributed by atoms with Crippen LogP contribution in [-0.2, 0) is 4.79 Å². The Kier molecular flexibility index (Phi) is 4.09. The molecule has 0 atom stereocenters. The van der Waals surface area contributed by atoms with Crippen molar-refractivity contribution in [2.24, 2.45) is 0 Å². The predicted octanol–water partition coefficient (Wildman–Crippen LogP) is 3.26. The second-order valence-corrected chi connectivity index (χ2v) is 4.58. The normalized spacial score (nSPS) is 9.80. The van der Waals surface area contributed by atoms with Crippen LogP contribution in [0.1, 0.15) is 12.5 Å². The van der Waals surface area contributed by atoms with Gasteiger partial charge in [0.15, 0.2) is 0 Å². The molecule has 0 saturated heterocycles. The first-order valence-corrected chi connectivity index (χ1v) is 5.48. The van der Waals surface area contributed by atoms with Crippen LogP contribution in [0.3, 0.4) is 0 Å². The first kappa shape index (κ1) is 12.0. The fourth-order valence-corrected chi connectivity index (χ4v) is 1.53. The zero-order valence-electron chi connectivity index (χ0n) is 8.96. The Hall–Kier alpha value is -1.09. The van der Waals surface area contributed by atoms with Crippen LogP contribution in [-0.4, -0.2) is 12.5 Å². The van der Waals surface area contributed by atoms with Crippen LogP contribution in [0.4, 0.5) is 5.69 Å². The molecule has 0 aliphatic heterocycles. The van der Waals surface area contributed by atoms with Crippen LogP contribution >= 0.6 is 15.9 Å². The van der Waals surface area contributed by atoms with Crippen molar-refractivity contribution in [3.05, 3.63) is 40.9 Å². The van der Waals surface area contributed by atoms with E-state index in [1.54, 1.807) is 11.8 Å². The second-order valence-electron chi connectivity index (χ2n) is 3.46. The summed E-state index contributed by atoms with van der Waals surface area (Å²) in [5.74, 6) is 0.0134. The van der Waals surface area contributed by atoms with Gasteiger partial charge in [-0.1, -0.05) is 40.2 Å². The van der Waals surface area contributed by atoms with Gasteiger partial charge in [-0.25, -0.2) is 0 Å². The van der Waals surface area contributed by atoms with E-state index in [4.69, 9.17) is 0 Å². The summed E-state index contributed by atoms with van der Waals surface area (Å²) >= 11 is 3.27. The van der Waals surface area contributed by atoms with Gasteiger partial charge in [-0.15, -0.1) is 0 Å². The minimum atomic E-state index is 0.0134. The van der Waals surface area contributed by atoms with E-state index in [0.29, 0.717) is 6.54 Å². The molecule has 0 aromatic heterocycles. The lowest BCUT2D eigenvalue weighted by Crippen LogP contribution is -2.29. The molecular weight excluding hydrogens is 254 g/mol. The Morgan fingerprint density at radius 2 is 1.93 bits per heavy atom. The predicted molar refractivity (Wildman–Crippen MR) is 67.3 cm³/mol. The van der Waals surface area contributed by atoms with Gasteiger partial charge in [0, 0.05) is 17.1 Å². The Labute approximate surface area is 98.7 Å². The summed E-state index contributed by atoms with van der Waals surface area (Å²) in [6.45, 7) is 7.81. The molecule has 0 aliphatic rings. The molecule has 0 fully saturated rings. The van der Waals surface area contributed by atoms with E-state index >= 15 is 0 Å². The molecule has 0 heterocycles.